The minimum absolute atomic E-state index is 0.122. The molecule has 1 aromatic rings. The van der Waals surface area contributed by atoms with Crippen molar-refractivity contribution >= 4 is 15.7 Å². The Bertz CT molecular complexity index is 645. The second-order valence-electron chi connectivity index (χ2n) is 4.88. The third-order valence-corrected chi connectivity index (χ3v) is 5.29. The van der Waals surface area contributed by atoms with Gasteiger partial charge in [0.15, 0.2) is 5.75 Å². The van der Waals surface area contributed by atoms with Crippen molar-refractivity contribution in [2.24, 2.45) is 5.92 Å². The van der Waals surface area contributed by atoms with Gasteiger partial charge in [-0.3, -0.25) is 10.1 Å². The van der Waals surface area contributed by atoms with Crippen LogP contribution in [-0.2, 0) is 14.8 Å². The van der Waals surface area contributed by atoms with E-state index in [1.54, 1.807) is 7.11 Å². The number of rotatable bonds is 5. The van der Waals surface area contributed by atoms with E-state index in [1.807, 2.05) is 0 Å². The molecule has 1 N–H and O–H groups in total. The number of benzene rings is 1. The van der Waals surface area contributed by atoms with Crippen molar-refractivity contribution in [2.75, 3.05) is 26.8 Å². The van der Waals surface area contributed by atoms with Gasteiger partial charge in [0, 0.05) is 26.3 Å². The van der Waals surface area contributed by atoms with Crippen LogP contribution in [0.1, 0.15) is 6.42 Å². The standard InChI is InChI=1S/C12H16N2O6S/c1-20-8-9-4-5-13(7-9)21(18,19)10-2-3-12(15)11(6-10)14(16)17/h2-3,6,9,15H,4-5,7-8H2,1H3. The second kappa shape index (κ2) is 5.96. The summed E-state index contributed by atoms with van der Waals surface area (Å²) in [4.78, 5) is 9.78. The molecule has 1 aliphatic heterocycles. The lowest BCUT2D eigenvalue weighted by molar-refractivity contribution is -0.386. The average molecular weight is 316 g/mol. The molecule has 2 rings (SSSR count). The molecule has 0 amide bonds. The highest BCUT2D eigenvalue weighted by molar-refractivity contribution is 7.89. The Morgan fingerprint density at radius 2 is 2.24 bits per heavy atom. The summed E-state index contributed by atoms with van der Waals surface area (Å²) in [6.07, 6.45) is 0.688. The summed E-state index contributed by atoms with van der Waals surface area (Å²) < 4.78 is 31.2. The Kier molecular flexibility index (Phi) is 4.45. The van der Waals surface area contributed by atoms with E-state index in [0.717, 1.165) is 12.1 Å². The third kappa shape index (κ3) is 3.14. The fourth-order valence-corrected chi connectivity index (χ4v) is 3.90. The quantitative estimate of drug-likeness (QED) is 0.640. The number of hydrogen-bond donors (Lipinski definition) is 1. The molecule has 0 bridgehead atoms. The molecule has 0 aromatic heterocycles. The lowest BCUT2D eigenvalue weighted by atomic mass is 10.1. The van der Waals surface area contributed by atoms with E-state index < -0.39 is 26.4 Å². The largest absolute Gasteiger partial charge is 0.502 e. The van der Waals surface area contributed by atoms with E-state index in [2.05, 4.69) is 0 Å². The molecule has 116 valence electrons. The van der Waals surface area contributed by atoms with Crippen LogP contribution in [0.25, 0.3) is 0 Å². The first-order valence-corrected chi connectivity index (χ1v) is 7.76. The van der Waals surface area contributed by atoms with Crippen LogP contribution < -0.4 is 0 Å². The van der Waals surface area contributed by atoms with Gasteiger partial charge in [0.25, 0.3) is 0 Å². The maximum absolute atomic E-state index is 12.5. The molecule has 0 radical (unpaired) electrons. The summed E-state index contributed by atoms with van der Waals surface area (Å²) in [6.45, 7) is 1.15. The summed E-state index contributed by atoms with van der Waals surface area (Å²) in [5.41, 5.74) is -0.622. The smallest absolute Gasteiger partial charge is 0.312 e. The lowest BCUT2D eigenvalue weighted by Gasteiger charge is -2.16. The fourth-order valence-electron chi connectivity index (χ4n) is 2.35. The molecular weight excluding hydrogens is 300 g/mol. The van der Waals surface area contributed by atoms with E-state index in [4.69, 9.17) is 4.74 Å². The van der Waals surface area contributed by atoms with Crippen molar-refractivity contribution in [2.45, 2.75) is 11.3 Å². The normalized spacial score (nSPS) is 19.8. The molecule has 0 aliphatic carbocycles. The maximum atomic E-state index is 12.5. The first-order valence-electron chi connectivity index (χ1n) is 6.32. The van der Waals surface area contributed by atoms with E-state index in [9.17, 15) is 23.6 Å². The minimum atomic E-state index is -3.80. The monoisotopic (exact) mass is 316 g/mol. The highest BCUT2D eigenvalue weighted by Gasteiger charge is 2.33. The average Bonchev–Trinajstić information content (AvgIpc) is 2.88. The van der Waals surface area contributed by atoms with Crippen molar-refractivity contribution in [1.29, 1.82) is 0 Å². The van der Waals surface area contributed by atoms with Crippen LogP contribution in [0.2, 0.25) is 0 Å². The number of phenols is 1. The summed E-state index contributed by atoms with van der Waals surface area (Å²) >= 11 is 0. The Hall–Kier alpha value is -1.71. The molecule has 1 unspecified atom stereocenters. The molecule has 1 heterocycles. The van der Waals surface area contributed by atoms with Crippen molar-refractivity contribution in [3.05, 3.63) is 28.3 Å². The molecule has 1 fully saturated rings. The van der Waals surface area contributed by atoms with Crippen LogP contribution in [0.5, 0.6) is 5.75 Å². The molecule has 9 heteroatoms. The number of sulfonamides is 1. The van der Waals surface area contributed by atoms with Crippen molar-refractivity contribution in [1.82, 2.24) is 4.31 Å². The van der Waals surface area contributed by atoms with Crippen molar-refractivity contribution < 1.29 is 23.2 Å². The molecule has 21 heavy (non-hydrogen) atoms. The first-order chi connectivity index (χ1) is 9.86. The predicted molar refractivity (Wildman–Crippen MR) is 73.5 cm³/mol. The second-order valence-corrected chi connectivity index (χ2v) is 6.82. The van der Waals surface area contributed by atoms with Crippen LogP contribution in [-0.4, -0.2) is 49.6 Å². The van der Waals surface area contributed by atoms with Crippen LogP contribution >= 0.6 is 0 Å². The number of nitrogens with zero attached hydrogens (tertiary/aromatic N) is 2. The van der Waals surface area contributed by atoms with Crippen molar-refractivity contribution in [3.63, 3.8) is 0 Å². The van der Waals surface area contributed by atoms with Gasteiger partial charge in [0.2, 0.25) is 10.0 Å². The number of methoxy groups -OCH3 is 1. The van der Waals surface area contributed by atoms with E-state index in [-0.39, 0.29) is 10.8 Å². The summed E-state index contributed by atoms with van der Waals surface area (Å²) in [6, 6.07) is 3.07. The zero-order valence-corrected chi connectivity index (χ0v) is 12.2. The van der Waals surface area contributed by atoms with Gasteiger partial charge in [-0.1, -0.05) is 0 Å². The highest BCUT2D eigenvalue weighted by Crippen LogP contribution is 2.31. The number of phenolic OH excluding ortho intramolecular Hbond substituents is 1. The maximum Gasteiger partial charge on any atom is 0.312 e. The van der Waals surface area contributed by atoms with Gasteiger partial charge in [-0.25, -0.2) is 8.42 Å². The molecule has 1 saturated heterocycles. The Morgan fingerprint density at radius 1 is 1.52 bits per heavy atom. The number of hydrogen-bond acceptors (Lipinski definition) is 6. The highest BCUT2D eigenvalue weighted by atomic mass is 32.2. The zero-order chi connectivity index (χ0) is 15.6. The van der Waals surface area contributed by atoms with Gasteiger partial charge in [-0.05, 0) is 24.5 Å². The van der Waals surface area contributed by atoms with E-state index in [1.165, 1.54) is 10.4 Å². The molecule has 0 spiro atoms. The fraction of sp³-hybridized carbons (Fsp3) is 0.500. The van der Waals surface area contributed by atoms with Crippen LogP contribution in [0.4, 0.5) is 5.69 Å². The molecule has 8 nitrogen and oxygen atoms in total. The molecular formula is C12H16N2O6S. The van der Waals surface area contributed by atoms with Crippen LogP contribution in [0.15, 0.2) is 23.1 Å². The lowest BCUT2D eigenvalue weighted by Crippen LogP contribution is -2.29. The molecule has 0 saturated carbocycles. The van der Waals surface area contributed by atoms with Crippen LogP contribution in [0, 0.1) is 16.0 Å². The van der Waals surface area contributed by atoms with E-state index >= 15 is 0 Å². The first kappa shape index (κ1) is 15.7. The Labute approximate surface area is 122 Å². The topological polar surface area (TPSA) is 110 Å². The molecule has 1 aliphatic rings. The summed E-state index contributed by atoms with van der Waals surface area (Å²) in [5.74, 6) is -0.436. The zero-order valence-electron chi connectivity index (χ0n) is 11.4. The van der Waals surface area contributed by atoms with Gasteiger partial charge >= 0.3 is 5.69 Å². The summed E-state index contributed by atoms with van der Waals surface area (Å²) in [7, 11) is -2.24. The van der Waals surface area contributed by atoms with Crippen LogP contribution in [0.3, 0.4) is 0 Å². The van der Waals surface area contributed by atoms with Gasteiger partial charge in [-0.15, -0.1) is 0 Å². The number of ether oxygens (including phenoxy) is 1. The molecule has 1 aromatic carbocycles. The van der Waals surface area contributed by atoms with Gasteiger partial charge in [-0.2, -0.15) is 4.31 Å². The predicted octanol–water partition coefficient (Wildman–Crippen LogP) is 0.957. The minimum Gasteiger partial charge on any atom is -0.502 e. The van der Waals surface area contributed by atoms with E-state index in [0.29, 0.717) is 26.1 Å². The van der Waals surface area contributed by atoms with Gasteiger partial charge < -0.3 is 9.84 Å². The van der Waals surface area contributed by atoms with Gasteiger partial charge in [0.1, 0.15) is 0 Å². The SMILES string of the molecule is COCC1CCN(S(=O)(=O)c2ccc(O)c([N+](=O)[O-])c2)C1. The Balaban J connectivity index is 2.28. The van der Waals surface area contributed by atoms with Crippen molar-refractivity contribution in [3.8, 4) is 5.75 Å². The number of nitro benzene ring substituents is 1. The third-order valence-electron chi connectivity index (χ3n) is 3.43. The number of nitro groups is 1. The number of aromatic hydroxyl groups is 1. The van der Waals surface area contributed by atoms with Gasteiger partial charge in [0.05, 0.1) is 16.4 Å². The summed E-state index contributed by atoms with van der Waals surface area (Å²) in [5, 5.41) is 20.2. The molecule has 1 atom stereocenters. The Morgan fingerprint density at radius 3 is 2.86 bits per heavy atom.